The van der Waals surface area contributed by atoms with Crippen molar-refractivity contribution in [1.82, 2.24) is 14.8 Å². The van der Waals surface area contributed by atoms with E-state index >= 15 is 0 Å². The van der Waals surface area contributed by atoms with Crippen LogP contribution in [-0.4, -0.2) is 59.1 Å². The number of nitriles is 1. The van der Waals surface area contributed by atoms with Crippen LogP contribution in [0.2, 0.25) is 5.02 Å². The molecule has 0 unspecified atom stereocenters. The van der Waals surface area contributed by atoms with E-state index in [1.807, 2.05) is 48.5 Å². The number of nitrogens with zero attached hydrogens (tertiary/aromatic N) is 5. The fourth-order valence-corrected chi connectivity index (χ4v) is 5.68. The zero-order valence-electron chi connectivity index (χ0n) is 18.3. The lowest BCUT2D eigenvalue weighted by Gasteiger charge is -2.31. The minimum absolute atomic E-state index is 0.0366. The van der Waals surface area contributed by atoms with Crippen LogP contribution in [0.3, 0.4) is 0 Å². The summed E-state index contributed by atoms with van der Waals surface area (Å²) in [5.41, 5.74) is 3.19. The maximum atomic E-state index is 13.2. The summed E-state index contributed by atoms with van der Waals surface area (Å²) < 4.78 is 0. The van der Waals surface area contributed by atoms with Gasteiger partial charge in [0.25, 0.3) is 5.91 Å². The predicted molar refractivity (Wildman–Crippen MR) is 125 cm³/mol. The Labute approximate surface area is 193 Å². The van der Waals surface area contributed by atoms with Gasteiger partial charge in [0.15, 0.2) is 6.19 Å². The zero-order valence-corrected chi connectivity index (χ0v) is 19.1. The van der Waals surface area contributed by atoms with Crippen molar-refractivity contribution in [1.29, 1.82) is 5.26 Å². The molecule has 0 spiro atoms. The lowest BCUT2D eigenvalue weighted by atomic mass is 9.94. The van der Waals surface area contributed by atoms with Crippen LogP contribution in [-0.2, 0) is 5.41 Å². The van der Waals surface area contributed by atoms with Crippen LogP contribution < -0.4 is 0 Å². The second-order valence-electron chi connectivity index (χ2n) is 9.17. The molecule has 1 aromatic heterocycles. The molecular weight excluding hydrogens is 422 g/mol. The van der Waals surface area contributed by atoms with E-state index in [1.54, 1.807) is 18.0 Å². The molecule has 2 aromatic rings. The second-order valence-corrected chi connectivity index (χ2v) is 9.58. The molecule has 1 aromatic carbocycles. The fourth-order valence-electron chi connectivity index (χ4n) is 5.42. The predicted octanol–water partition coefficient (Wildman–Crippen LogP) is 4.29. The molecule has 2 bridgehead atoms. The molecule has 7 heteroatoms. The Kier molecular flexibility index (Phi) is 5.17. The Morgan fingerprint density at radius 2 is 2.16 bits per heavy atom. The average Bonchev–Trinajstić information content (AvgIpc) is 3.38. The number of aliphatic imine (C=N–C) groups is 1. The average molecular weight is 448 g/mol. The quantitative estimate of drug-likeness (QED) is 0.506. The molecule has 0 N–H and O–H groups in total. The van der Waals surface area contributed by atoms with Gasteiger partial charge in [-0.2, -0.15) is 5.26 Å². The smallest absolute Gasteiger partial charge is 0.255 e. The van der Waals surface area contributed by atoms with E-state index in [0.29, 0.717) is 10.6 Å². The van der Waals surface area contributed by atoms with Gasteiger partial charge < -0.3 is 9.80 Å². The van der Waals surface area contributed by atoms with Gasteiger partial charge in [0.2, 0.25) is 0 Å². The molecule has 1 saturated carbocycles. The number of amides is 1. The monoisotopic (exact) mass is 447 g/mol. The van der Waals surface area contributed by atoms with Gasteiger partial charge in [-0.1, -0.05) is 23.7 Å². The van der Waals surface area contributed by atoms with Crippen molar-refractivity contribution in [3.8, 4) is 17.5 Å². The molecule has 1 aliphatic carbocycles. The highest BCUT2D eigenvalue weighted by molar-refractivity contribution is 6.34. The van der Waals surface area contributed by atoms with Gasteiger partial charge in [0.05, 0.1) is 34.1 Å². The highest BCUT2D eigenvalue weighted by atomic mass is 35.5. The van der Waals surface area contributed by atoms with Crippen molar-refractivity contribution in [2.45, 2.75) is 55.6 Å². The number of hydrogen-bond acceptors (Lipinski definition) is 5. The second kappa shape index (κ2) is 7.90. The number of rotatable bonds is 5. The normalized spacial score (nSPS) is 25.2. The first-order valence-corrected chi connectivity index (χ1v) is 11.5. The highest BCUT2D eigenvalue weighted by Gasteiger charge is 2.48. The number of likely N-dealkylation sites (N-methyl/N-ethyl adjacent to an activating group) is 1. The summed E-state index contributed by atoms with van der Waals surface area (Å²) in [6.07, 6.45) is 9.26. The Morgan fingerprint density at radius 3 is 2.81 bits per heavy atom. The third-order valence-corrected chi connectivity index (χ3v) is 7.67. The summed E-state index contributed by atoms with van der Waals surface area (Å²) in [7, 11) is 3.62. The topological polar surface area (TPSA) is 72.6 Å². The summed E-state index contributed by atoms with van der Waals surface area (Å²) in [5.74, 6) is -0.102. The Balaban J connectivity index is 1.37. The lowest BCUT2D eigenvalue weighted by molar-refractivity contribution is 0.0699. The number of aromatic nitrogens is 1. The molecule has 164 valence electrons. The number of halogens is 1. The highest BCUT2D eigenvalue weighted by Crippen LogP contribution is 2.46. The van der Waals surface area contributed by atoms with Crippen LogP contribution in [0.25, 0.3) is 11.3 Å². The first-order valence-electron chi connectivity index (χ1n) is 11.1. The van der Waals surface area contributed by atoms with Gasteiger partial charge in [-0.15, -0.1) is 0 Å². The molecule has 2 aliphatic heterocycles. The van der Waals surface area contributed by atoms with Crippen LogP contribution in [0.15, 0.2) is 41.4 Å². The van der Waals surface area contributed by atoms with E-state index < -0.39 is 0 Å². The molecule has 6 nitrogen and oxygen atoms in total. The number of benzene rings is 1. The SMILES string of the molecule is C/N=C/C1(c2cccc(-c3ccc(C(=O)N(C)[C@@H]4C[C@@H]5CC[C@H]4N5C#N)c(Cl)c3)n2)CC1. The van der Waals surface area contributed by atoms with Gasteiger partial charge in [-0.25, -0.2) is 0 Å². The summed E-state index contributed by atoms with van der Waals surface area (Å²) >= 11 is 6.59. The van der Waals surface area contributed by atoms with E-state index in [4.69, 9.17) is 16.6 Å². The molecule has 3 aliphatic rings. The molecule has 1 amide bonds. The lowest BCUT2D eigenvalue weighted by Crippen LogP contribution is -2.44. The van der Waals surface area contributed by atoms with Crippen molar-refractivity contribution in [3.05, 3.63) is 52.7 Å². The number of hydrogen-bond donors (Lipinski definition) is 0. The molecule has 3 atom stereocenters. The first kappa shape index (κ1) is 21.0. The largest absolute Gasteiger partial charge is 0.336 e. The van der Waals surface area contributed by atoms with Crippen LogP contribution in [0, 0.1) is 11.5 Å². The molecule has 3 fully saturated rings. The van der Waals surface area contributed by atoms with Gasteiger partial charge in [0.1, 0.15) is 0 Å². The van der Waals surface area contributed by atoms with Crippen LogP contribution >= 0.6 is 11.6 Å². The van der Waals surface area contributed by atoms with Crippen LogP contribution in [0.4, 0.5) is 0 Å². The third-order valence-electron chi connectivity index (χ3n) is 7.36. The fraction of sp³-hybridized carbons (Fsp3) is 0.440. The van der Waals surface area contributed by atoms with Crippen molar-refractivity contribution < 1.29 is 4.79 Å². The molecular formula is C25H26ClN5O. The number of pyridine rings is 1. The van der Waals surface area contributed by atoms with E-state index in [0.717, 1.165) is 49.1 Å². The van der Waals surface area contributed by atoms with Crippen LogP contribution in [0.5, 0.6) is 0 Å². The Hall–Kier alpha value is -2.91. The third kappa shape index (κ3) is 3.36. The minimum atomic E-state index is -0.102. The zero-order chi connectivity index (χ0) is 22.5. The Bertz CT molecular complexity index is 1140. The van der Waals surface area contributed by atoms with Gasteiger partial charge >= 0.3 is 0 Å². The van der Waals surface area contributed by atoms with Crippen molar-refractivity contribution in [2.24, 2.45) is 4.99 Å². The summed E-state index contributed by atoms with van der Waals surface area (Å²) in [5, 5.41) is 9.85. The molecule has 5 rings (SSSR count). The summed E-state index contributed by atoms with van der Waals surface area (Å²) in [4.78, 5) is 26.0. The van der Waals surface area contributed by atoms with Gasteiger partial charge in [-0.05, 0) is 56.4 Å². The standard InChI is InChI=1S/C25H26ClN5O/c1-28-14-25(10-11-25)23-5-3-4-20(29-23)16-6-8-18(19(26)12-16)24(32)30(2)22-13-17-7-9-21(22)31(17)15-27/h3-6,8,12,14,17,21-22H,7,9-11,13H2,1-2H3/b28-14+/t17-,21+,22+/m0/s1. The van der Waals surface area contributed by atoms with Crippen molar-refractivity contribution >= 4 is 23.7 Å². The summed E-state index contributed by atoms with van der Waals surface area (Å²) in [6.45, 7) is 0. The number of fused-ring (bicyclic) bond motifs is 2. The first-order chi connectivity index (χ1) is 15.5. The van der Waals surface area contributed by atoms with Crippen molar-refractivity contribution in [3.63, 3.8) is 0 Å². The van der Waals surface area contributed by atoms with Gasteiger partial charge in [-0.3, -0.25) is 14.8 Å². The minimum Gasteiger partial charge on any atom is -0.336 e. The van der Waals surface area contributed by atoms with Crippen LogP contribution in [0.1, 0.15) is 48.2 Å². The van der Waals surface area contributed by atoms with E-state index in [9.17, 15) is 10.1 Å². The van der Waals surface area contributed by atoms with Gasteiger partial charge in [0, 0.05) is 37.3 Å². The van der Waals surface area contributed by atoms with E-state index in [2.05, 4.69) is 11.2 Å². The number of carbonyl (C=O) groups is 1. The Morgan fingerprint density at radius 1 is 1.34 bits per heavy atom. The van der Waals surface area contributed by atoms with E-state index in [1.165, 1.54) is 0 Å². The maximum absolute atomic E-state index is 13.2. The van der Waals surface area contributed by atoms with E-state index in [-0.39, 0.29) is 29.4 Å². The molecule has 3 heterocycles. The maximum Gasteiger partial charge on any atom is 0.255 e. The number of carbonyl (C=O) groups excluding carboxylic acids is 1. The molecule has 32 heavy (non-hydrogen) atoms. The molecule has 2 saturated heterocycles. The summed E-state index contributed by atoms with van der Waals surface area (Å²) in [6, 6.07) is 12.0. The van der Waals surface area contributed by atoms with Crippen molar-refractivity contribution in [2.75, 3.05) is 14.1 Å². The molecule has 0 radical (unpaired) electrons.